The minimum absolute atomic E-state index is 0.0566. The molecular weight excluding hydrogens is 429 g/mol. The van der Waals surface area contributed by atoms with Gasteiger partial charge in [0, 0.05) is 0 Å². The lowest BCUT2D eigenvalue weighted by molar-refractivity contribution is -0.137. The number of allylic oxidation sites excluding steroid dienone is 1. The highest BCUT2D eigenvalue weighted by atomic mass is 35.5. The van der Waals surface area contributed by atoms with Crippen molar-refractivity contribution in [3.05, 3.63) is 63.9 Å². The summed E-state index contributed by atoms with van der Waals surface area (Å²) < 4.78 is 45.8. The van der Waals surface area contributed by atoms with Crippen LogP contribution in [0.2, 0.25) is 5.02 Å². The van der Waals surface area contributed by atoms with Crippen molar-refractivity contribution in [3.8, 4) is 11.1 Å². The highest BCUT2D eigenvalue weighted by Gasteiger charge is 2.59. The fourth-order valence-corrected chi connectivity index (χ4v) is 5.53. The molecular formula is C24H20ClF3O3. The third kappa shape index (κ3) is 3.11. The molecule has 4 atom stereocenters. The van der Waals surface area contributed by atoms with E-state index in [0.29, 0.717) is 28.7 Å². The number of fused-ring (bicyclic) bond motifs is 5. The van der Waals surface area contributed by atoms with E-state index in [2.05, 4.69) is 0 Å². The Morgan fingerprint density at radius 3 is 2.35 bits per heavy atom. The Labute approximate surface area is 182 Å². The second-order valence-electron chi connectivity index (χ2n) is 8.38. The van der Waals surface area contributed by atoms with E-state index in [1.54, 1.807) is 18.2 Å². The molecule has 0 radical (unpaired) electrons. The van der Waals surface area contributed by atoms with Crippen LogP contribution in [0.15, 0.2) is 42.2 Å². The van der Waals surface area contributed by atoms with Gasteiger partial charge in [-0.2, -0.15) is 13.2 Å². The van der Waals surface area contributed by atoms with Crippen LogP contribution in [-0.4, -0.2) is 23.1 Å². The van der Waals surface area contributed by atoms with Gasteiger partial charge in [-0.15, -0.1) is 0 Å². The first-order valence-electron chi connectivity index (χ1n) is 10.3. The zero-order chi connectivity index (χ0) is 22.1. The smallest absolute Gasteiger partial charge is 0.417 e. The van der Waals surface area contributed by atoms with Crippen molar-refractivity contribution in [3.63, 3.8) is 0 Å². The first kappa shape index (κ1) is 20.6. The first-order chi connectivity index (χ1) is 14.7. The van der Waals surface area contributed by atoms with Crippen molar-refractivity contribution in [1.29, 1.82) is 0 Å². The number of carbonyl (C=O) groups excluding carboxylic acids is 1. The van der Waals surface area contributed by atoms with Crippen LogP contribution in [0, 0.1) is 11.8 Å². The molecule has 2 saturated heterocycles. The lowest BCUT2D eigenvalue weighted by Crippen LogP contribution is -2.29. The van der Waals surface area contributed by atoms with Crippen LogP contribution in [-0.2, 0) is 22.1 Å². The number of Topliss-reactive ketones (excluding diaryl/α,β-unsaturated/α-hetero) is 1. The molecule has 3 aliphatic rings. The van der Waals surface area contributed by atoms with E-state index in [-0.39, 0.29) is 40.6 Å². The van der Waals surface area contributed by atoms with Gasteiger partial charge in [-0.3, -0.25) is 4.79 Å². The quantitative estimate of drug-likeness (QED) is 0.605. The number of hydrogen-bond donors (Lipinski definition) is 1. The molecule has 162 valence electrons. The van der Waals surface area contributed by atoms with Gasteiger partial charge in [-0.05, 0) is 59.7 Å². The highest BCUT2D eigenvalue weighted by Crippen LogP contribution is 2.54. The van der Waals surface area contributed by atoms with Crippen molar-refractivity contribution >= 4 is 23.0 Å². The molecule has 0 spiro atoms. The number of rotatable bonds is 3. The van der Waals surface area contributed by atoms with E-state index in [9.17, 15) is 23.1 Å². The number of carbonyl (C=O) groups is 1. The SMILES string of the molecule is CCc1ccc(-c2ccc(Cl)c(C(F)(F)F)c2)cc1C1=C(O)[C@H]2[C@@H](C1=O)[C@@H]1CC[C@H]2O1. The second kappa shape index (κ2) is 7.10. The van der Waals surface area contributed by atoms with Crippen LogP contribution in [0.4, 0.5) is 13.2 Å². The Morgan fingerprint density at radius 2 is 1.71 bits per heavy atom. The zero-order valence-corrected chi connectivity index (χ0v) is 17.4. The summed E-state index contributed by atoms with van der Waals surface area (Å²) in [6.45, 7) is 1.94. The standard InChI is InChI=1S/C24H20ClF3O3/c1-2-11-3-4-12(13-5-6-16(25)15(10-13)24(26,27)28)9-14(11)19-22(29)20-17-7-8-18(31-17)21(20)23(19)30/h3-6,9-10,17-18,20-21,29H,2,7-8H2,1H3/t17-,18+,20-,21+/m1/s1. The van der Waals surface area contributed by atoms with Gasteiger partial charge in [-0.25, -0.2) is 0 Å². The maximum Gasteiger partial charge on any atom is 0.417 e. The van der Waals surface area contributed by atoms with Crippen LogP contribution in [0.5, 0.6) is 0 Å². The largest absolute Gasteiger partial charge is 0.511 e. The Morgan fingerprint density at radius 1 is 1.06 bits per heavy atom. The fraction of sp³-hybridized carbons (Fsp3) is 0.375. The molecule has 0 aromatic heterocycles. The first-order valence-corrected chi connectivity index (χ1v) is 10.7. The van der Waals surface area contributed by atoms with Gasteiger partial charge in [0.15, 0.2) is 5.78 Å². The molecule has 2 bridgehead atoms. The average Bonchev–Trinajstić information content (AvgIpc) is 3.41. The molecule has 2 aliphatic heterocycles. The van der Waals surface area contributed by atoms with Crippen LogP contribution in [0.1, 0.15) is 36.5 Å². The maximum absolute atomic E-state index is 13.3. The summed E-state index contributed by atoms with van der Waals surface area (Å²) in [6.07, 6.45) is -2.63. The molecule has 2 aromatic carbocycles. The molecule has 7 heteroatoms. The number of hydrogen-bond acceptors (Lipinski definition) is 3. The lowest BCUT2D eigenvalue weighted by atomic mass is 9.80. The predicted molar refractivity (Wildman–Crippen MR) is 111 cm³/mol. The Bertz CT molecular complexity index is 1120. The van der Waals surface area contributed by atoms with Gasteiger partial charge in [-0.1, -0.05) is 36.7 Å². The summed E-state index contributed by atoms with van der Waals surface area (Å²) in [5.41, 5.74) is 1.69. The van der Waals surface area contributed by atoms with Crippen molar-refractivity contribution < 1.29 is 27.8 Å². The van der Waals surface area contributed by atoms with Crippen molar-refractivity contribution in [1.82, 2.24) is 0 Å². The number of benzene rings is 2. The van der Waals surface area contributed by atoms with Crippen LogP contribution >= 0.6 is 11.6 Å². The summed E-state index contributed by atoms with van der Waals surface area (Å²) in [7, 11) is 0. The molecule has 1 N–H and O–H groups in total. The van der Waals surface area contributed by atoms with Crippen LogP contribution < -0.4 is 0 Å². The monoisotopic (exact) mass is 448 g/mol. The predicted octanol–water partition coefficient (Wildman–Crippen LogP) is 6.23. The summed E-state index contributed by atoms with van der Waals surface area (Å²) in [4.78, 5) is 13.3. The highest BCUT2D eigenvalue weighted by molar-refractivity contribution is 6.31. The summed E-state index contributed by atoms with van der Waals surface area (Å²) >= 11 is 5.76. The Hall–Kier alpha value is -2.31. The fourth-order valence-electron chi connectivity index (χ4n) is 5.31. The van der Waals surface area contributed by atoms with Crippen LogP contribution in [0.25, 0.3) is 16.7 Å². The van der Waals surface area contributed by atoms with Crippen LogP contribution in [0.3, 0.4) is 0 Å². The third-order valence-electron chi connectivity index (χ3n) is 6.76. The van der Waals surface area contributed by atoms with E-state index in [1.165, 1.54) is 12.1 Å². The number of ether oxygens (including phenoxy) is 1. The van der Waals surface area contributed by atoms with Crippen molar-refractivity contribution in [2.75, 3.05) is 0 Å². The molecule has 5 rings (SSSR count). The molecule has 0 unspecified atom stereocenters. The number of aliphatic hydroxyl groups excluding tert-OH is 1. The Balaban J connectivity index is 1.62. The van der Waals surface area contributed by atoms with E-state index in [1.807, 2.05) is 6.92 Å². The Kier molecular flexibility index (Phi) is 4.72. The van der Waals surface area contributed by atoms with Gasteiger partial charge in [0.1, 0.15) is 5.76 Å². The van der Waals surface area contributed by atoms with E-state index < -0.39 is 11.7 Å². The van der Waals surface area contributed by atoms with E-state index in [0.717, 1.165) is 24.5 Å². The summed E-state index contributed by atoms with van der Waals surface area (Å²) in [5, 5.41) is 10.6. The van der Waals surface area contributed by atoms with Gasteiger partial charge in [0.2, 0.25) is 0 Å². The molecule has 1 aliphatic carbocycles. The minimum Gasteiger partial charge on any atom is -0.511 e. The van der Waals surface area contributed by atoms with E-state index >= 15 is 0 Å². The lowest BCUT2D eigenvalue weighted by Gasteiger charge is -2.19. The molecule has 3 nitrogen and oxygen atoms in total. The number of alkyl halides is 3. The normalized spacial score (nSPS) is 27.3. The van der Waals surface area contributed by atoms with E-state index in [4.69, 9.17) is 16.3 Å². The number of ketones is 1. The topological polar surface area (TPSA) is 46.5 Å². The molecule has 2 aromatic rings. The maximum atomic E-state index is 13.3. The van der Waals surface area contributed by atoms with Gasteiger partial charge in [0.05, 0.1) is 40.2 Å². The molecule has 0 saturated carbocycles. The van der Waals surface area contributed by atoms with Crippen molar-refractivity contribution in [2.45, 2.75) is 44.6 Å². The number of halogens is 4. The minimum atomic E-state index is -4.57. The summed E-state index contributed by atoms with van der Waals surface area (Å²) in [5.74, 6) is -0.758. The summed E-state index contributed by atoms with van der Waals surface area (Å²) in [6, 6.07) is 9.01. The third-order valence-corrected chi connectivity index (χ3v) is 7.09. The molecule has 2 fully saturated rings. The molecule has 0 amide bonds. The zero-order valence-electron chi connectivity index (χ0n) is 16.7. The second-order valence-corrected chi connectivity index (χ2v) is 8.79. The number of aliphatic hydroxyl groups is 1. The van der Waals surface area contributed by atoms with Gasteiger partial charge in [0.25, 0.3) is 0 Å². The number of aryl methyl sites for hydroxylation is 1. The van der Waals surface area contributed by atoms with Gasteiger partial charge < -0.3 is 9.84 Å². The molecule has 2 heterocycles. The van der Waals surface area contributed by atoms with Crippen molar-refractivity contribution in [2.24, 2.45) is 11.8 Å². The average molecular weight is 449 g/mol. The van der Waals surface area contributed by atoms with Gasteiger partial charge >= 0.3 is 6.18 Å². The molecule has 31 heavy (non-hydrogen) atoms.